The van der Waals surface area contributed by atoms with Gasteiger partial charge in [0.2, 0.25) is 0 Å². The Balaban J connectivity index is 3.67. The molecule has 17 heavy (non-hydrogen) atoms. The summed E-state index contributed by atoms with van der Waals surface area (Å²) >= 11 is 0. The highest BCUT2D eigenvalue weighted by molar-refractivity contribution is 5.98. The maximum Gasteiger partial charge on any atom is 0.143 e. The lowest BCUT2D eigenvalue weighted by Gasteiger charge is -2.12. The minimum absolute atomic E-state index is 0.00334. The number of carbonyl (C=O) groups excluding carboxylic acids is 2. The molecule has 0 heterocycles. The first-order chi connectivity index (χ1) is 8.11. The van der Waals surface area contributed by atoms with Crippen LogP contribution >= 0.6 is 0 Å². The number of Topliss-reactive ketones (excluding diaryl/α,β-unsaturated/α-hetero) is 2. The van der Waals surface area contributed by atoms with Crippen LogP contribution in [-0.4, -0.2) is 11.6 Å². The SMILES string of the molecule is CCCCCCCCC(CC)C(=O)CC(C)=O. The van der Waals surface area contributed by atoms with E-state index in [9.17, 15) is 9.59 Å². The molecule has 1 atom stereocenters. The second-order valence-electron chi connectivity index (χ2n) is 5.01. The van der Waals surface area contributed by atoms with E-state index >= 15 is 0 Å². The molecule has 1 unspecified atom stereocenters. The van der Waals surface area contributed by atoms with Crippen molar-refractivity contribution in [2.45, 2.75) is 78.6 Å². The maximum absolute atomic E-state index is 11.7. The third kappa shape index (κ3) is 9.08. The molecule has 0 radical (unpaired) electrons. The highest BCUT2D eigenvalue weighted by Crippen LogP contribution is 2.17. The van der Waals surface area contributed by atoms with Crippen LogP contribution in [-0.2, 0) is 9.59 Å². The molecule has 0 saturated carbocycles. The molecule has 0 spiro atoms. The lowest BCUT2D eigenvalue weighted by atomic mass is 9.91. The predicted octanol–water partition coefficient (Wildman–Crippen LogP) is 4.31. The van der Waals surface area contributed by atoms with Crippen molar-refractivity contribution in [1.82, 2.24) is 0 Å². The van der Waals surface area contributed by atoms with E-state index in [4.69, 9.17) is 0 Å². The van der Waals surface area contributed by atoms with Crippen LogP contribution in [0.25, 0.3) is 0 Å². The molecule has 0 amide bonds. The van der Waals surface area contributed by atoms with Crippen molar-refractivity contribution in [2.24, 2.45) is 5.92 Å². The molecule has 0 rings (SSSR count). The van der Waals surface area contributed by atoms with E-state index in [2.05, 4.69) is 6.92 Å². The fraction of sp³-hybridized carbons (Fsp3) is 0.867. The number of hydrogen-bond acceptors (Lipinski definition) is 2. The van der Waals surface area contributed by atoms with Gasteiger partial charge in [0.1, 0.15) is 11.6 Å². The van der Waals surface area contributed by atoms with Gasteiger partial charge in [0.05, 0.1) is 6.42 Å². The monoisotopic (exact) mass is 240 g/mol. The molecular weight excluding hydrogens is 212 g/mol. The molecule has 2 nitrogen and oxygen atoms in total. The molecule has 0 aliphatic carbocycles. The van der Waals surface area contributed by atoms with Crippen LogP contribution in [0.5, 0.6) is 0 Å². The molecule has 100 valence electrons. The third-order valence-corrected chi connectivity index (χ3v) is 3.28. The molecule has 0 aromatic heterocycles. The molecule has 0 saturated heterocycles. The Morgan fingerprint density at radius 3 is 2.06 bits per heavy atom. The minimum Gasteiger partial charge on any atom is -0.300 e. The molecule has 0 fully saturated rings. The molecule has 0 aromatic rings. The largest absolute Gasteiger partial charge is 0.300 e. The van der Waals surface area contributed by atoms with Crippen molar-refractivity contribution in [3.05, 3.63) is 0 Å². The average Bonchev–Trinajstić information content (AvgIpc) is 2.27. The van der Waals surface area contributed by atoms with Crippen molar-refractivity contribution in [1.29, 1.82) is 0 Å². The van der Waals surface area contributed by atoms with Crippen molar-refractivity contribution in [3.63, 3.8) is 0 Å². The standard InChI is InChI=1S/C15H28O2/c1-4-6-7-8-9-10-11-14(5-2)15(17)12-13(3)16/h14H,4-12H2,1-3H3. The highest BCUT2D eigenvalue weighted by atomic mass is 16.1. The van der Waals surface area contributed by atoms with Gasteiger partial charge < -0.3 is 0 Å². The van der Waals surface area contributed by atoms with Crippen LogP contribution in [0, 0.1) is 5.92 Å². The van der Waals surface area contributed by atoms with Gasteiger partial charge in [-0.3, -0.25) is 9.59 Å². The average molecular weight is 240 g/mol. The highest BCUT2D eigenvalue weighted by Gasteiger charge is 2.16. The van der Waals surface area contributed by atoms with E-state index in [1.807, 2.05) is 6.92 Å². The van der Waals surface area contributed by atoms with Crippen LogP contribution in [0.3, 0.4) is 0 Å². The van der Waals surface area contributed by atoms with Crippen LogP contribution in [0.4, 0.5) is 0 Å². The van der Waals surface area contributed by atoms with E-state index in [-0.39, 0.29) is 23.9 Å². The lowest BCUT2D eigenvalue weighted by molar-refractivity contribution is -0.128. The first kappa shape index (κ1) is 16.3. The molecule has 0 N–H and O–H groups in total. The van der Waals surface area contributed by atoms with Gasteiger partial charge >= 0.3 is 0 Å². The number of ketones is 2. The molecule has 0 aromatic carbocycles. The van der Waals surface area contributed by atoms with E-state index in [0.717, 1.165) is 19.3 Å². The molecule has 0 bridgehead atoms. The normalized spacial score (nSPS) is 12.4. The van der Waals surface area contributed by atoms with Crippen LogP contribution < -0.4 is 0 Å². The van der Waals surface area contributed by atoms with E-state index in [1.54, 1.807) is 0 Å². The lowest BCUT2D eigenvalue weighted by Crippen LogP contribution is -2.16. The fourth-order valence-electron chi connectivity index (χ4n) is 2.15. The molecular formula is C15H28O2. The van der Waals surface area contributed by atoms with Crippen molar-refractivity contribution < 1.29 is 9.59 Å². The minimum atomic E-state index is -0.00334. The first-order valence-electron chi connectivity index (χ1n) is 7.13. The van der Waals surface area contributed by atoms with Crippen molar-refractivity contribution >= 4 is 11.6 Å². The van der Waals surface area contributed by atoms with Gasteiger partial charge in [0.25, 0.3) is 0 Å². The number of carbonyl (C=O) groups is 2. The molecule has 0 aliphatic heterocycles. The Morgan fingerprint density at radius 1 is 0.941 bits per heavy atom. The van der Waals surface area contributed by atoms with E-state index < -0.39 is 0 Å². The van der Waals surface area contributed by atoms with E-state index in [1.165, 1.54) is 39.0 Å². The number of rotatable bonds is 11. The summed E-state index contributed by atoms with van der Waals surface area (Å²) in [7, 11) is 0. The quantitative estimate of drug-likeness (QED) is 0.398. The summed E-state index contributed by atoms with van der Waals surface area (Å²) in [5.74, 6) is 0.259. The zero-order chi connectivity index (χ0) is 13.1. The van der Waals surface area contributed by atoms with Gasteiger partial charge in [-0.05, 0) is 19.8 Å². The summed E-state index contributed by atoms with van der Waals surface area (Å²) < 4.78 is 0. The predicted molar refractivity (Wildman–Crippen MR) is 72.1 cm³/mol. The van der Waals surface area contributed by atoms with E-state index in [0.29, 0.717) is 0 Å². The van der Waals surface area contributed by atoms with Crippen LogP contribution in [0.15, 0.2) is 0 Å². The van der Waals surface area contributed by atoms with Gasteiger partial charge in [-0.2, -0.15) is 0 Å². The van der Waals surface area contributed by atoms with Crippen LogP contribution in [0.2, 0.25) is 0 Å². The Hall–Kier alpha value is -0.660. The topological polar surface area (TPSA) is 34.1 Å². The van der Waals surface area contributed by atoms with Gasteiger partial charge in [-0.25, -0.2) is 0 Å². The summed E-state index contributed by atoms with van der Waals surface area (Å²) in [4.78, 5) is 22.6. The van der Waals surface area contributed by atoms with Crippen molar-refractivity contribution in [3.8, 4) is 0 Å². The number of unbranched alkanes of at least 4 members (excludes halogenated alkanes) is 5. The Labute approximate surface area is 106 Å². The molecule has 2 heteroatoms. The fourth-order valence-corrected chi connectivity index (χ4v) is 2.15. The zero-order valence-electron chi connectivity index (χ0n) is 11.8. The summed E-state index contributed by atoms with van der Waals surface area (Å²) in [5, 5.41) is 0. The summed E-state index contributed by atoms with van der Waals surface area (Å²) in [6.07, 6.45) is 9.52. The van der Waals surface area contributed by atoms with Crippen LogP contribution in [0.1, 0.15) is 78.6 Å². The van der Waals surface area contributed by atoms with Gasteiger partial charge in [0, 0.05) is 5.92 Å². The zero-order valence-corrected chi connectivity index (χ0v) is 11.8. The van der Waals surface area contributed by atoms with Gasteiger partial charge in [-0.1, -0.05) is 52.4 Å². The first-order valence-corrected chi connectivity index (χ1v) is 7.13. The van der Waals surface area contributed by atoms with Crippen molar-refractivity contribution in [2.75, 3.05) is 0 Å². The second kappa shape index (κ2) is 10.5. The van der Waals surface area contributed by atoms with Gasteiger partial charge in [-0.15, -0.1) is 0 Å². The summed E-state index contributed by atoms with van der Waals surface area (Å²) in [6.45, 7) is 5.75. The third-order valence-electron chi connectivity index (χ3n) is 3.28. The number of hydrogen-bond donors (Lipinski definition) is 0. The summed E-state index contributed by atoms with van der Waals surface area (Å²) in [5.41, 5.74) is 0. The Morgan fingerprint density at radius 2 is 1.53 bits per heavy atom. The Kier molecular flexibility index (Phi) is 10.1. The smallest absolute Gasteiger partial charge is 0.143 e. The Bertz CT molecular complexity index is 221. The summed E-state index contributed by atoms with van der Waals surface area (Å²) in [6, 6.07) is 0. The maximum atomic E-state index is 11.7. The van der Waals surface area contributed by atoms with Gasteiger partial charge in [0.15, 0.2) is 0 Å². The second-order valence-corrected chi connectivity index (χ2v) is 5.01. The molecule has 0 aliphatic rings.